The Morgan fingerprint density at radius 3 is 2.45 bits per heavy atom. The standard InChI is InChI=1S/C33H45N5O6/c1-5-24-11-10-23-9-8-22(19-27(23)35-24)12-15-33(16-13-25(39)14-17-33)32(44)36-28(20(2)3)29(40)34-21(4)30(41)38-18-6-7-26(37-38)31(42)43/h8-12,15,19-21,25-26,28,37,39H,5-7,13-14,16-18H2,1-4H3,(H,34,40)(H,36,44)(H,42,43). The topological polar surface area (TPSA) is 161 Å². The second-order valence-corrected chi connectivity index (χ2v) is 12.4. The van der Waals surface area contributed by atoms with Crippen LogP contribution in [0.3, 0.4) is 0 Å². The van der Waals surface area contributed by atoms with E-state index in [2.05, 4.69) is 23.0 Å². The SMILES string of the molecule is CCc1ccc2ccc(C=CC3(C(=O)NC(C(=O)NC(C)C(=O)N4CCCC(C(=O)O)N4)C(C)C)CCC(O)CC3)cc2n1. The zero-order valence-corrected chi connectivity index (χ0v) is 26.0. The van der Waals surface area contributed by atoms with Crippen molar-refractivity contribution in [3.05, 3.63) is 47.7 Å². The number of aliphatic carboxylic acids is 1. The molecule has 11 heteroatoms. The average Bonchev–Trinajstić information content (AvgIpc) is 3.02. The summed E-state index contributed by atoms with van der Waals surface area (Å²) in [4.78, 5) is 56.5. The van der Waals surface area contributed by atoms with E-state index in [0.717, 1.165) is 28.6 Å². The maximum Gasteiger partial charge on any atom is 0.322 e. The van der Waals surface area contributed by atoms with Crippen LogP contribution in [0.25, 0.3) is 17.0 Å². The molecule has 1 aliphatic carbocycles. The fraction of sp³-hybridized carbons (Fsp3) is 0.545. The molecule has 238 valence electrons. The number of carbonyl (C=O) groups is 4. The molecule has 0 spiro atoms. The number of aryl methyl sites for hydroxylation is 1. The van der Waals surface area contributed by atoms with Gasteiger partial charge in [-0.2, -0.15) is 0 Å². The van der Waals surface area contributed by atoms with Gasteiger partial charge in [-0.25, -0.2) is 5.43 Å². The maximum absolute atomic E-state index is 14.0. The first kappa shape index (κ1) is 33.1. The van der Waals surface area contributed by atoms with Crippen molar-refractivity contribution in [1.82, 2.24) is 26.1 Å². The number of fused-ring (bicyclic) bond motifs is 1. The van der Waals surface area contributed by atoms with Crippen molar-refractivity contribution >= 4 is 40.7 Å². The molecule has 1 aliphatic heterocycles. The number of rotatable bonds is 10. The molecule has 2 aliphatic rings. The van der Waals surface area contributed by atoms with Gasteiger partial charge in [-0.15, -0.1) is 0 Å². The third-order valence-corrected chi connectivity index (χ3v) is 8.75. The first-order chi connectivity index (χ1) is 20.9. The summed E-state index contributed by atoms with van der Waals surface area (Å²) in [5.41, 5.74) is 4.57. The van der Waals surface area contributed by atoms with E-state index in [0.29, 0.717) is 45.1 Å². The van der Waals surface area contributed by atoms with Crippen LogP contribution in [0.5, 0.6) is 0 Å². The van der Waals surface area contributed by atoms with E-state index >= 15 is 0 Å². The molecule has 1 saturated carbocycles. The third kappa shape index (κ3) is 7.81. The highest BCUT2D eigenvalue weighted by atomic mass is 16.4. The average molecular weight is 608 g/mol. The maximum atomic E-state index is 14.0. The number of carboxylic acid groups (broad SMARTS) is 1. The second-order valence-electron chi connectivity index (χ2n) is 12.4. The molecule has 0 radical (unpaired) electrons. The van der Waals surface area contributed by atoms with Crippen molar-refractivity contribution in [2.24, 2.45) is 11.3 Å². The van der Waals surface area contributed by atoms with Crippen LogP contribution < -0.4 is 16.1 Å². The summed E-state index contributed by atoms with van der Waals surface area (Å²) in [5.74, 6) is -2.57. The van der Waals surface area contributed by atoms with E-state index in [1.165, 1.54) is 5.01 Å². The van der Waals surface area contributed by atoms with Gasteiger partial charge in [0.05, 0.1) is 17.0 Å². The van der Waals surface area contributed by atoms with Crippen LogP contribution in [0, 0.1) is 11.3 Å². The Kier molecular flexibility index (Phi) is 10.7. The molecular formula is C33H45N5O6. The molecule has 5 N–H and O–H groups in total. The first-order valence-electron chi connectivity index (χ1n) is 15.6. The van der Waals surface area contributed by atoms with Crippen LogP contribution in [0.1, 0.15) is 77.5 Å². The van der Waals surface area contributed by atoms with Crippen LogP contribution >= 0.6 is 0 Å². The fourth-order valence-corrected chi connectivity index (χ4v) is 5.86. The molecule has 4 rings (SSSR count). The van der Waals surface area contributed by atoms with E-state index in [1.54, 1.807) is 6.92 Å². The van der Waals surface area contributed by atoms with Gasteiger partial charge in [-0.3, -0.25) is 29.2 Å². The van der Waals surface area contributed by atoms with Crippen molar-refractivity contribution in [1.29, 1.82) is 0 Å². The minimum atomic E-state index is -1.04. The lowest BCUT2D eigenvalue weighted by molar-refractivity contribution is -0.148. The zero-order chi connectivity index (χ0) is 32.0. The van der Waals surface area contributed by atoms with Gasteiger partial charge in [-0.1, -0.05) is 51.1 Å². The molecule has 2 aromatic rings. The molecular weight excluding hydrogens is 562 g/mol. The van der Waals surface area contributed by atoms with Crippen LogP contribution in [0.15, 0.2) is 36.4 Å². The predicted molar refractivity (Wildman–Crippen MR) is 167 cm³/mol. The number of carboxylic acids is 1. The highest BCUT2D eigenvalue weighted by Crippen LogP contribution is 2.39. The number of hydrazine groups is 1. The summed E-state index contributed by atoms with van der Waals surface area (Å²) in [6, 6.07) is 7.33. The first-order valence-corrected chi connectivity index (χ1v) is 15.6. The highest BCUT2D eigenvalue weighted by molar-refractivity contribution is 5.94. The minimum absolute atomic E-state index is 0.278. The number of hydrogen-bond acceptors (Lipinski definition) is 7. The molecule has 0 bridgehead atoms. The third-order valence-electron chi connectivity index (χ3n) is 8.75. The van der Waals surface area contributed by atoms with E-state index < -0.39 is 47.4 Å². The van der Waals surface area contributed by atoms with E-state index in [-0.39, 0.29) is 11.8 Å². The molecule has 3 atom stereocenters. The molecule has 1 aromatic carbocycles. The molecule has 11 nitrogen and oxygen atoms in total. The lowest BCUT2D eigenvalue weighted by atomic mass is 9.71. The predicted octanol–water partition coefficient (Wildman–Crippen LogP) is 2.96. The van der Waals surface area contributed by atoms with Crippen molar-refractivity contribution < 1.29 is 29.4 Å². The lowest BCUT2D eigenvalue weighted by Gasteiger charge is -2.37. The van der Waals surface area contributed by atoms with Gasteiger partial charge < -0.3 is 20.8 Å². The van der Waals surface area contributed by atoms with Crippen LogP contribution in [-0.2, 0) is 25.6 Å². The van der Waals surface area contributed by atoms with Crippen LogP contribution in [0.2, 0.25) is 0 Å². The largest absolute Gasteiger partial charge is 0.480 e. The Hall–Kier alpha value is -3.83. The van der Waals surface area contributed by atoms with E-state index in [4.69, 9.17) is 4.98 Å². The summed E-state index contributed by atoms with van der Waals surface area (Å²) < 4.78 is 0. The summed E-state index contributed by atoms with van der Waals surface area (Å²) >= 11 is 0. The van der Waals surface area contributed by atoms with Gasteiger partial charge in [0.25, 0.3) is 5.91 Å². The summed E-state index contributed by atoms with van der Waals surface area (Å²) in [6.45, 7) is 7.57. The Morgan fingerprint density at radius 2 is 1.80 bits per heavy atom. The minimum Gasteiger partial charge on any atom is -0.480 e. The van der Waals surface area contributed by atoms with Gasteiger partial charge in [0.15, 0.2) is 0 Å². The molecule has 2 heterocycles. The molecule has 44 heavy (non-hydrogen) atoms. The number of aromatic nitrogens is 1. The molecule has 3 unspecified atom stereocenters. The number of pyridine rings is 1. The van der Waals surface area contributed by atoms with E-state index in [9.17, 15) is 29.4 Å². The number of amides is 3. The Bertz CT molecular complexity index is 1400. The smallest absolute Gasteiger partial charge is 0.322 e. The number of aliphatic hydroxyl groups excluding tert-OH is 1. The fourth-order valence-electron chi connectivity index (χ4n) is 5.86. The van der Waals surface area contributed by atoms with Gasteiger partial charge in [0.2, 0.25) is 11.8 Å². The Labute approximate surface area is 258 Å². The lowest BCUT2D eigenvalue weighted by Crippen LogP contribution is -2.61. The van der Waals surface area contributed by atoms with Gasteiger partial charge >= 0.3 is 5.97 Å². The van der Waals surface area contributed by atoms with Crippen LogP contribution in [0.4, 0.5) is 0 Å². The molecule has 2 fully saturated rings. The number of benzene rings is 1. The molecule has 1 saturated heterocycles. The van der Waals surface area contributed by atoms with Gasteiger partial charge in [0, 0.05) is 17.6 Å². The number of carbonyl (C=O) groups excluding carboxylic acids is 3. The number of aliphatic hydroxyl groups is 1. The van der Waals surface area contributed by atoms with Crippen molar-refractivity contribution in [2.45, 2.75) is 96.9 Å². The van der Waals surface area contributed by atoms with Crippen molar-refractivity contribution in [3.8, 4) is 0 Å². The zero-order valence-electron chi connectivity index (χ0n) is 26.0. The second kappa shape index (κ2) is 14.3. The van der Waals surface area contributed by atoms with E-state index in [1.807, 2.05) is 56.3 Å². The highest BCUT2D eigenvalue weighted by Gasteiger charge is 2.41. The quantitative estimate of drug-likeness (QED) is 0.276. The Balaban J connectivity index is 1.49. The summed E-state index contributed by atoms with van der Waals surface area (Å²) in [7, 11) is 0. The number of hydrogen-bond donors (Lipinski definition) is 5. The summed E-state index contributed by atoms with van der Waals surface area (Å²) in [5, 5.41) is 27.5. The molecule has 3 amide bonds. The molecule has 1 aromatic heterocycles. The number of nitrogens with zero attached hydrogens (tertiary/aromatic N) is 2. The van der Waals surface area contributed by atoms with Crippen molar-refractivity contribution in [3.63, 3.8) is 0 Å². The van der Waals surface area contributed by atoms with Crippen molar-refractivity contribution in [2.75, 3.05) is 6.54 Å². The van der Waals surface area contributed by atoms with Crippen LogP contribution in [-0.4, -0.2) is 74.7 Å². The normalized spacial score (nSPS) is 23.8. The number of nitrogens with one attached hydrogen (secondary N) is 3. The van der Waals surface area contributed by atoms with Gasteiger partial charge in [-0.05, 0) is 75.5 Å². The Morgan fingerprint density at radius 1 is 1.09 bits per heavy atom. The van der Waals surface area contributed by atoms with Gasteiger partial charge in [0.1, 0.15) is 18.1 Å². The monoisotopic (exact) mass is 607 g/mol. The summed E-state index contributed by atoms with van der Waals surface area (Å²) in [6.07, 6.45) is 6.86.